The van der Waals surface area contributed by atoms with E-state index < -0.39 is 11.9 Å². The third kappa shape index (κ3) is 7.63. The predicted octanol–water partition coefficient (Wildman–Crippen LogP) is 2.56. The van der Waals surface area contributed by atoms with Crippen molar-refractivity contribution in [2.24, 2.45) is 0 Å². The average molecular weight is 258 g/mol. The van der Waals surface area contributed by atoms with E-state index in [2.05, 4.69) is 6.58 Å². The highest BCUT2D eigenvalue weighted by Crippen LogP contribution is 2.27. The number of hydrogen-bond acceptors (Lipinski definition) is 3. The summed E-state index contributed by atoms with van der Waals surface area (Å²) >= 11 is 1.85. The third-order valence-corrected chi connectivity index (χ3v) is 3.43. The van der Waals surface area contributed by atoms with Gasteiger partial charge in [-0.3, -0.25) is 0 Å². The smallest absolute Gasteiger partial charge is 0.330 e. The van der Waals surface area contributed by atoms with Gasteiger partial charge in [0.25, 0.3) is 0 Å². The Morgan fingerprint density at radius 1 is 1.29 bits per heavy atom. The molecule has 96 valence electrons. The number of hydrogen-bond donors (Lipinski definition) is 2. The molecular weight excluding hydrogens is 240 g/mol. The standard InChI is InChI=1S/C8H12O2S.C4H6O2/c1-6(8(9)10)5-7-3-2-4-11-7;1-3(2)4(5)6/h5,7H,2-4H2,1H3,(H,9,10);1H2,2H3,(H,5,6)/b6-5+;. The quantitative estimate of drug-likeness (QED) is 0.761. The Morgan fingerprint density at radius 3 is 2.12 bits per heavy atom. The van der Waals surface area contributed by atoms with Gasteiger partial charge in [-0.05, 0) is 32.4 Å². The largest absolute Gasteiger partial charge is 0.478 e. The van der Waals surface area contributed by atoms with Gasteiger partial charge in [-0.1, -0.05) is 12.7 Å². The van der Waals surface area contributed by atoms with Crippen LogP contribution in [0.5, 0.6) is 0 Å². The number of thioether (sulfide) groups is 1. The second-order valence-electron chi connectivity index (χ2n) is 3.79. The Balaban J connectivity index is 0.000000366. The molecule has 1 aliphatic rings. The molecule has 0 aromatic heterocycles. The van der Waals surface area contributed by atoms with Crippen LogP contribution in [-0.4, -0.2) is 33.2 Å². The van der Waals surface area contributed by atoms with E-state index in [1.54, 1.807) is 6.92 Å². The van der Waals surface area contributed by atoms with Crippen molar-refractivity contribution < 1.29 is 19.8 Å². The maximum atomic E-state index is 10.4. The highest BCUT2D eigenvalue weighted by atomic mass is 32.2. The zero-order chi connectivity index (χ0) is 13.4. The van der Waals surface area contributed by atoms with Crippen molar-refractivity contribution in [2.45, 2.75) is 31.9 Å². The molecule has 1 aliphatic heterocycles. The maximum absolute atomic E-state index is 10.4. The minimum Gasteiger partial charge on any atom is -0.478 e. The minimum atomic E-state index is -0.935. The number of rotatable bonds is 3. The summed E-state index contributed by atoms with van der Waals surface area (Å²) in [6.07, 6.45) is 4.22. The fourth-order valence-corrected chi connectivity index (χ4v) is 2.35. The van der Waals surface area contributed by atoms with E-state index in [1.165, 1.54) is 19.1 Å². The lowest BCUT2D eigenvalue weighted by molar-refractivity contribution is -0.133. The molecule has 0 radical (unpaired) electrons. The Bertz CT molecular complexity index is 315. The second kappa shape index (κ2) is 7.95. The van der Waals surface area contributed by atoms with Crippen molar-refractivity contribution in [3.8, 4) is 0 Å². The third-order valence-electron chi connectivity index (χ3n) is 2.10. The molecular formula is C12H18O4S. The molecule has 0 aromatic rings. The van der Waals surface area contributed by atoms with Crippen LogP contribution in [0.25, 0.3) is 0 Å². The van der Waals surface area contributed by atoms with Crippen LogP contribution >= 0.6 is 11.8 Å². The van der Waals surface area contributed by atoms with Gasteiger partial charge in [0.1, 0.15) is 0 Å². The zero-order valence-corrected chi connectivity index (χ0v) is 10.9. The van der Waals surface area contributed by atoms with Crippen LogP contribution in [-0.2, 0) is 9.59 Å². The van der Waals surface area contributed by atoms with Crippen molar-refractivity contribution in [1.29, 1.82) is 0 Å². The van der Waals surface area contributed by atoms with Gasteiger partial charge in [-0.25, -0.2) is 9.59 Å². The van der Waals surface area contributed by atoms with Gasteiger partial charge in [-0.15, -0.1) is 0 Å². The molecule has 1 rings (SSSR count). The van der Waals surface area contributed by atoms with Crippen LogP contribution in [0.15, 0.2) is 23.8 Å². The second-order valence-corrected chi connectivity index (χ2v) is 5.14. The van der Waals surface area contributed by atoms with Crippen LogP contribution in [0.1, 0.15) is 26.7 Å². The van der Waals surface area contributed by atoms with Gasteiger partial charge in [0.15, 0.2) is 0 Å². The molecule has 0 saturated carbocycles. The van der Waals surface area contributed by atoms with Gasteiger partial charge >= 0.3 is 11.9 Å². The maximum Gasteiger partial charge on any atom is 0.330 e. The molecule has 0 spiro atoms. The Hall–Kier alpha value is -1.23. The Morgan fingerprint density at radius 2 is 1.82 bits per heavy atom. The van der Waals surface area contributed by atoms with E-state index in [0.29, 0.717) is 10.8 Å². The van der Waals surface area contributed by atoms with E-state index >= 15 is 0 Å². The highest BCUT2D eigenvalue weighted by Gasteiger charge is 2.14. The number of carboxylic acids is 2. The van der Waals surface area contributed by atoms with Crippen molar-refractivity contribution in [3.05, 3.63) is 23.8 Å². The molecule has 0 amide bonds. The number of carboxylic acid groups (broad SMARTS) is 2. The molecule has 1 atom stereocenters. The normalized spacial score (nSPS) is 19.2. The Labute approximate surface area is 105 Å². The van der Waals surface area contributed by atoms with Crippen molar-refractivity contribution in [1.82, 2.24) is 0 Å². The summed E-state index contributed by atoms with van der Waals surface area (Å²) in [6.45, 7) is 6.26. The molecule has 0 bridgehead atoms. The van der Waals surface area contributed by atoms with Gasteiger partial charge in [0, 0.05) is 16.4 Å². The first kappa shape index (κ1) is 15.8. The molecule has 1 saturated heterocycles. The van der Waals surface area contributed by atoms with Crippen LogP contribution in [0.3, 0.4) is 0 Å². The van der Waals surface area contributed by atoms with Gasteiger partial charge in [0.2, 0.25) is 0 Å². The van der Waals surface area contributed by atoms with Gasteiger partial charge in [-0.2, -0.15) is 11.8 Å². The van der Waals surface area contributed by atoms with Crippen LogP contribution < -0.4 is 0 Å². The zero-order valence-electron chi connectivity index (χ0n) is 10.1. The monoisotopic (exact) mass is 258 g/mol. The van der Waals surface area contributed by atoms with Crippen molar-refractivity contribution >= 4 is 23.7 Å². The lowest BCUT2D eigenvalue weighted by Crippen LogP contribution is -2.00. The molecule has 17 heavy (non-hydrogen) atoms. The summed E-state index contributed by atoms with van der Waals surface area (Å²) in [7, 11) is 0. The molecule has 5 heteroatoms. The Kier molecular flexibility index (Phi) is 7.37. The first-order valence-corrected chi connectivity index (χ1v) is 6.31. The van der Waals surface area contributed by atoms with E-state index in [4.69, 9.17) is 10.2 Å². The van der Waals surface area contributed by atoms with E-state index in [9.17, 15) is 9.59 Å². The summed E-state index contributed by atoms with van der Waals surface area (Å²) in [5, 5.41) is 16.9. The molecule has 0 aliphatic carbocycles. The molecule has 0 aromatic carbocycles. The number of carbonyl (C=O) groups is 2. The predicted molar refractivity (Wildman–Crippen MR) is 69.3 cm³/mol. The lowest BCUT2D eigenvalue weighted by Gasteiger charge is -2.00. The fraction of sp³-hybridized carbons (Fsp3) is 0.500. The summed E-state index contributed by atoms with van der Waals surface area (Å²) in [5.41, 5.74) is 0.652. The van der Waals surface area contributed by atoms with E-state index in [-0.39, 0.29) is 5.57 Å². The highest BCUT2D eigenvalue weighted by molar-refractivity contribution is 8.00. The molecule has 1 fully saturated rings. The summed E-state index contributed by atoms with van der Waals surface area (Å²) < 4.78 is 0. The van der Waals surface area contributed by atoms with Crippen molar-refractivity contribution in [3.63, 3.8) is 0 Å². The number of aliphatic carboxylic acids is 2. The summed E-state index contributed by atoms with van der Waals surface area (Å²) in [6, 6.07) is 0. The van der Waals surface area contributed by atoms with Gasteiger partial charge < -0.3 is 10.2 Å². The minimum absolute atomic E-state index is 0.176. The van der Waals surface area contributed by atoms with Crippen molar-refractivity contribution in [2.75, 3.05) is 5.75 Å². The summed E-state index contributed by atoms with van der Waals surface area (Å²) in [5.74, 6) is -0.554. The van der Waals surface area contributed by atoms with Crippen LogP contribution in [0.2, 0.25) is 0 Å². The van der Waals surface area contributed by atoms with Crippen LogP contribution in [0, 0.1) is 0 Å². The topological polar surface area (TPSA) is 74.6 Å². The van der Waals surface area contributed by atoms with Crippen LogP contribution in [0.4, 0.5) is 0 Å². The van der Waals surface area contributed by atoms with E-state index in [0.717, 1.165) is 6.42 Å². The molecule has 4 nitrogen and oxygen atoms in total. The summed E-state index contributed by atoms with van der Waals surface area (Å²) in [4.78, 5) is 20.0. The first-order valence-electron chi connectivity index (χ1n) is 5.26. The van der Waals surface area contributed by atoms with Gasteiger partial charge in [0.05, 0.1) is 0 Å². The average Bonchev–Trinajstić information content (AvgIpc) is 2.71. The lowest BCUT2D eigenvalue weighted by atomic mass is 10.2. The first-order chi connectivity index (χ1) is 7.84. The van der Waals surface area contributed by atoms with E-state index in [1.807, 2.05) is 17.8 Å². The molecule has 2 N–H and O–H groups in total. The molecule has 1 unspecified atom stereocenters. The fourth-order valence-electron chi connectivity index (χ4n) is 1.08. The SMILES string of the molecule is C/C(=C\C1CCCS1)C(=O)O.C=C(C)C(=O)O. The molecule has 1 heterocycles.